The summed E-state index contributed by atoms with van der Waals surface area (Å²) in [6.45, 7) is 4.48. The summed E-state index contributed by atoms with van der Waals surface area (Å²) in [6.07, 6.45) is 16.2. The molecule has 0 spiro atoms. The van der Waals surface area contributed by atoms with Crippen molar-refractivity contribution < 1.29 is 9.59 Å². The topological polar surface area (TPSA) is 43.9 Å². The standard InChI is InChI=1S/C27H44ClN3O2/c28-23-10-8-20(9-11-23)19-31-24-7-3-2-6-22(24)18-25(31)27(33)30-16-12-21(13-17-30)26(32)29-14-4-1-5-15-29/h20-25H,1-19H2. The van der Waals surface area contributed by atoms with Gasteiger partial charge in [0.25, 0.3) is 0 Å². The van der Waals surface area contributed by atoms with E-state index in [0.29, 0.717) is 35.1 Å². The molecule has 186 valence electrons. The van der Waals surface area contributed by atoms with Gasteiger partial charge in [0.1, 0.15) is 0 Å². The molecule has 2 aliphatic carbocycles. The maximum atomic E-state index is 13.8. The van der Waals surface area contributed by atoms with E-state index in [1.807, 2.05) is 0 Å². The van der Waals surface area contributed by atoms with Gasteiger partial charge in [-0.3, -0.25) is 14.5 Å². The van der Waals surface area contributed by atoms with E-state index in [1.54, 1.807) is 0 Å². The highest BCUT2D eigenvalue weighted by molar-refractivity contribution is 6.20. The van der Waals surface area contributed by atoms with Gasteiger partial charge in [-0.1, -0.05) is 12.8 Å². The molecule has 5 aliphatic rings. The Kier molecular flexibility index (Phi) is 7.86. The predicted octanol–water partition coefficient (Wildman–Crippen LogP) is 4.67. The number of piperidine rings is 2. The molecule has 0 aromatic rings. The molecule has 6 heteroatoms. The Morgan fingerprint density at radius 2 is 1.36 bits per heavy atom. The summed E-state index contributed by atoms with van der Waals surface area (Å²) in [4.78, 5) is 33.6. The first-order valence-electron chi connectivity index (χ1n) is 14.1. The fourth-order valence-electron chi connectivity index (χ4n) is 7.59. The zero-order valence-electron chi connectivity index (χ0n) is 20.4. The van der Waals surface area contributed by atoms with Crippen molar-refractivity contribution in [3.8, 4) is 0 Å². The monoisotopic (exact) mass is 477 g/mol. The Hall–Kier alpha value is -0.810. The summed E-state index contributed by atoms with van der Waals surface area (Å²) in [5.41, 5.74) is 0. The Balaban J connectivity index is 1.19. The van der Waals surface area contributed by atoms with Crippen LogP contribution in [0.25, 0.3) is 0 Å². The third kappa shape index (κ3) is 5.39. The van der Waals surface area contributed by atoms with Crippen LogP contribution < -0.4 is 0 Å². The van der Waals surface area contributed by atoms with E-state index in [-0.39, 0.29) is 12.0 Å². The zero-order valence-corrected chi connectivity index (χ0v) is 21.2. The van der Waals surface area contributed by atoms with Crippen LogP contribution in [0.1, 0.15) is 89.9 Å². The molecule has 0 bridgehead atoms. The highest BCUT2D eigenvalue weighted by Gasteiger charge is 2.47. The number of hydrogen-bond acceptors (Lipinski definition) is 3. The lowest BCUT2D eigenvalue weighted by Crippen LogP contribution is -2.52. The molecular weight excluding hydrogens is 434 g/mol. The van der Waals surface area contributed by atoms with E-state index in [2.05, 4.69) is 14.7 Å². The van der Waals surface area contributed by atoms with Crippen molar-refractivity contribution >= 4 is 23.4 Å². The van der Waals surface area contributed by atoms with Gasteiger partial charge >= 0.3 is 0 Å². The molecule has 0 aromatic heterocycles. The summed E-state index contributed by atoms with van der Waals surface area (Å²) in [6, 6.07) is 0.681. The summed E-state index contributed by atoms with van der Waals surface area (Å²) < 4.78 is 0. The van der Waals surface area contributed by atoms with Gasteiger partial charge in [-0.2, -0.15) is 0 Å². The van der Waals surface area contributed by atoms with E-state index < -0.39 is 0 Å². The first kappa shape index (κ1) is 23.9. The molecule has 5 fully saturated rings. The molecule has 0 aromatic carbocycles. The van der Waals surface area contributed by atoms with Crippen molar-refractivity contribution in [2.45, 2.75) is 107 Å². The van der Waals surface area contributed by atoms with Crippen LogP contribution in [0.2, 0.25) is 0 Å². The van der Waals surface area contributed by atoms with Gasteiger partial charge in [0.15, 0.2) is 0 Å². The fourth-order valence-corrected chi connectivity index (χ4v) is 7.84. The quantitative estimate of drug-likeness (QED) is 0.553. The van der Waals surface area contributed by atoms with Gasteiger partial charge < -0.3 is 9.80 Å². The molecule has 5 rings (SSSR count). The second-order valence-electron chi connectivity index (χ2n) is 11.7. The minimum Gasteiger partial charge on any atom is -0.342 e. The number of fused-ring (bicyclic) bond motifs is 1. The summed E-state index contributed by atoms with van der Waals surface area (Å²) >= 11 is 6.37. The molecule has 0 radical (unpaired) electrons. The molecule has 3 unspecified atom stereocenters. The summed E-state index contributed by atoms with van der Waals surface area (Å²) in [5, 5.41) is 0.355. The minimum absolute atomic E-state index is 0.0705. The van der Waals surface area contributed by atoms with Gasteiger partial charge in [-0.25, -0.2) is 0 Å². The van der Waals surface area contributed by atoms with E-state index in [9.17, 15) is 9.59 Å². The molecule has 0 N–H and O–H groups in total. The normalized spacial score (nSPS) is 36.6. The fraction of sp³-hybridized carbons (Fsp3) is 0.926. The van der Waals surface area contributed by atoms with Crippen LogP contribution in [0.3, 0.4) is 0 Å². The Bertz CT molecular complexity index is 681. The van der Waals surface area contributed by atoms with Crippen molar-refractivity contribution in [3.63, 3.8) is 0 Å². The zero-order chi connectivity index (χ0) is 22.8. The van der Waals surface area contributed by atoms with Crippen LogP contribution in [0.4, 0.5) is 0 Å². The molecule has 3 aliphatic heterocycles. The van der Waals surface area contributed by atoms with Crippen LogP contribution in [0.15, 0.2) is 0 Å². The van der Waals surface area contributed by atoms with E-state index in [0.717, 1.165) is 77.7 Å². The molecule has 33 heavy (non-hydrogen) atoms. The first-order chi connectivity index (χ1) is 16.1. The average molecular weight is 478 g/mol. The smallest absolute Gasteiger partial charge is 0.239 e. The number of halogens is 1. The lowest BCUT2D eigenvalue weighted by molar-refractivity contribution is -0.143. The van der Waals surface area contributed by atoms with Crippen molar-refractivity contribution in [2.75, 3.05) is 32.7 Å². The summed E-state index contributed by atoms with van der Waals surface area (Å²) in [7, 11) is 0. The van der Waals surface area contributed by atoms with Gasteiger partial charge in [-0.05, 0) is 88.9 Å². The van der Waals surface area contributed by atoms with Gasteiger partial charge in [-0.15, -0.1) is 11.6 Å². The van der Waals surface area contributed by atoms with Crippen molar-refractivity contribution in [1.82, 2.24) is 14.7 Å². The van der Waals surface area contributed by atoms with Crippen molar-refractivity contribution in [3.05, 3.63) is 0 Å². The number of alkyl halides is 1. The molecule has 2 saturated carbocycles. The Morgan fingerprint density at radius 3 is 2.09 bits per heavy atom. The molecular formula is C27H44ClN3O2. The van der Waals surface area contributed by atoms with Crippen LogP contribution in [-0.4, -0.2) is 76.7 Å². The predicted molar refractivity (Wildman–Crippen MR) is 132 cm³/mol. The summed E-state index contributed by atoms with van der Waals surface area (Å²) in [5.74, 6) is 2.24. The molecule has 2 amide bonds. The van der Waals surface area contributed by atoms with E-state index >= 15 is 0 Å². The lowest BCUT2D eigenvalue weighted by Gasteiger charge is -2.40. The Morgan fingerprint density at radius 1 is 0.697 bits per heavy atom. The number of amides is 2. The Labute approximate surface area is 205 Å². The third-order valence-electron chi connectivity index (χ3n) is 9.58. The highest BCUT2D eigenvalue weighted by Crippen LogP contribution is 2.42. The number of carbonyl (C=O) groups is 2. The van der Waals surface area contributed by atoms with Crippen LogP contribution in [0, 0.1) is 17.8 Å². The van der Waals surface area contributed by atoms with Crippen molar-refractivity contribution in [1.29, 1.82) is 0 Å². The van der Waals surface area contributed by atoms with E-state index in [1.165, 1.54) is 44.9 Å². The number of nitrogens with zero attached hydrogens (tertiary/aromatic N) is 3. The molecule has 3 saturated heterocycles. The number of likely N-dealkylation sites (tertiary alicyclic amines) is 3. The number of rotatable bonds is 4. The van der Waals surface area contributed by atoms with E-state index in [4.69, 9.17) is 11.6 Å². The maximum Gasteiger partial charge on any atom is 0.239 e. The average Bonchev–Trinajstić information content (AvgIpc) is 3.23. The second kappa shape index (κ2) is 10.8. The largest absolute Gasteiger partial charge is 0.342 e. The van der Waals surface area contributed by atoms with Crippen LogP contribution >= 0.6 is 11.6 Å². The van der Waals surface area contributed by atoms with Gasteiger partial charge in [0.2, 0.25) is 11.8 Å². The molecule has 3 atom stereocenters. The number of carbonyl (C=O) groups excluding carboxylic acids is 2. The van der Waals surface area contributed by atoms with Crippen LogP contribution in [-0.2, 0) is 9.59 Å². The highest BCUT2D eigenvalue weighted by atomic mass is 35.5. The minimum atomic E-state index is 0.0705. The third-order valence-corrected chi connectivity index (χ3v) is 10.0. The van der Waals surface area contributed by atoms with Gasteiger partial charge in [0, 0.05) is 50.1 Å². The number of hydrogen-bond donors (Lipinski definition) is 0. The first-order valence-corrected chi connectivity index (χ1v) is 14.5. The van der Waals surface area contributed by atoms with Crippen molar-refractivity contribution in [2.24, 2.45) is 17.8 Å². The van der Waals surface area contributed by atoms with Gasteiger partial charge in [0.05, 0.1) is 6.04 Å². The maximum absolute atomic E-state index is 13.8. The molecule has 3 heterocycles. The lowest BCUT2D eigenvalue weighted by atomic mass is 9.84. The SMILES string of the molecule is O=C(C1CCN(C(=O)C2CC3CCCCC3N2CC2CCC(Cl)CC2)CC1)N1CCCCC1. The molecule has 5 nitrogen and oxygen atoms in total. The van der Waals surface area contributed by atoms with Crippen LogP contribution in [0.5, 0.6) is 0 Å². The second-order valence-corrected chi connectivity index (χ2v) is 12.3.